The fraction of sp³-hybridized carbons (Fsp3) is 0.0833. The van der Waals surface area contributed by atoms with E-state index in [-0.39, 0.29) is 23.5 Å². The van der Waals surface area contributed by atoms with Crippen molar-refractivity contribution in [3.8, 4) is 0 Å². The summed E-state index contributed by atoms with van der Waals surface area (Å²) < 4.78 is 26.3. The molecule has 5 nitrogen and oxygen atoms in total. The zero-order chi connectivity index (χ0) is 13.8. The molecule has 0 bridgehead atoms. The maximum atomic E-state index is 13.4. The van der Waals surface area contributed by atoms with Crippen LogP contribution in [0.3, 0.4) is 0 Å². The van der Waals surface area contributed by atoms with E-state index in [0.29, 0.717) is 0 Å². The second-order valence-corrected chi connectivity index (χ2v) is 3.68. The molecule has 19 heavy (non-hydrogen) atoms. The van der Waals surface area contributed by atoms with Gasteiger partial charge >= 0.3 is 5.97 Å². The number of carboxylic acid groups (broad SMARTS) is 1. The van der Waals surface area contributed by atoms with Crippen molar-refractivity contribution >= 4 is 11.8 Å². The maximum absolute atomic E-state index is 13.4. The summed E-state index contributed by atoms with van der Waals surface area (Å²) in [7, 11) is 0. The van der Waals surface area contributed by atoms with Crippen LogP contribution in [0.1, 0.15) is 15.9 Å². The second kappa shape index (κ2) is 5.38. The van der Waals surface area contributed by atoms with Crippen molar-refractivity contribution in [2.24, 2.45) is 0 Å². The van der Waals surface area contributed by atoms with Crippen LogP contribution in [-0.2, 0) is 6.54 Å². The minimum absolute atomic E-state index is 0.0474. The van der Waals surface area contributed by atoms with Crippen molar-refractivity contribution in [2.75, 3.05) is 5.32 Å². The third-order valence-electron chi connectivity index (χ3n) is 2.40. The standard InChI is InChI=1S/C12H9F2N3O2/c13-8-1-2-10(14)7(3-8)4-16-11-9(12(18)19)5-15-6-17-11/h1-3,5-6H,4H2,(H,18,19)(H,15,16,17). The molecule has 0 radical (unpaired) electrons. The van der Waals surface area contributed by atoms with Crippen molar-refractivity contribution in [1.29, 1.82) is 0 Å². The molecule has 1 aromatic heterocycles. The number of rotatable bonds is 4. The third-order valence-corrected chi connectivity index (χ3v) is 2.40. The second-order valence-electron chi connectivity index (χ2n) is 3.68. The molecule has 0 aliphatic heterocycles. The quantitative estimate of drug-likeness (QED) is 0.885. The zero-order valence-corrected chi connectivity index (χ0v) is 9.60. The van der Waals surface area contributed by atoms with Gasteiger partial charge in [0, 0.05) is 18.3 Å². The van der Waals surface area contributed by atoms with E-state index in [4.69, 9.17) is 5.11 Å². The van der Waals surface area contributed by atoms with Crippen molar-refractivity contribution in [2.45, 2.75) is 6.54 Å². The number of anilines is 1. The normalized spacial score (nSPS) is 10.2. The Labute approximate surface area is 106 Å². The van der Waals surface area contributed by atoms with Crippen LogP contribution in [0.25, 0.3) is 0 Å². The molecule has 0 spiro atoms. The Morgan fingerprint density at radius 3 is 2.89 bits per heavy atom. The summed E-state index contributed by atoms with van der Waals surface area (Å²) in [4.78, 5) is 18.2. The first-order valence-electron chi connectivity index (χ1n) is 5.29. The van der Waals surface area contributed by atoms with Gasteiger partial charge in [0.05, 0.1) is 0 Å². The third kappa shape index (κ3) is 3.01. The van der Waals surface area contributed by atoms with E-state index in [1.807, 2.05) is 0 Å². The summed E-state index contributed by atoms with van der Waals surface area (Å²) in [5, 5.41) is 11.5. The molecule has 2 rings (SSSR count). The van der Waals surface area contributed by atoms with Gasteiger partial charge in [-0.15, -0.1) is 0 Å². The van der Waals surface area contributed by atoms with E-state index < -0.39 is 17.6 Å². The number of aromatic carboxylic acids is 1. The van der Waals surface area contributed by atoms with Gasteiger partial charge in [-0.05, 0) is 18.2 Å². The van der Waals surface area contributed by atoms with Crippen molar-refractivity contribution in [3.05, 3.63) is 53.5 Å². The minimum atomic E-state index is -1.21. The lowest BCUT2D eigenvalue weighted by molar-refractivity contribution is 0.0697. The number of aromatic nitrogens is 2. The molecule has 2 aromatic rings. The van der Waals surface area contributed by atoms with Crippen LogP contribution in [0, 0.1) is 11.6 Å². The first-order chi connectivity index (χ1) is 9.08. The SMILES string of the molecule is O=C(O)c1cncnc1NCc1cc(F)ccc1F. The Bertz CT molecular complexity index is 620. The number of nitrogens with one attached hydrogen (secondary N) is 1. The van der Waals surface area contributed by atoms with E-state index in [1.165, 1.54) is 0 Å². The van der Waals surface area contributed by atoms with E-state index >= 15 is 0 Å². The predicted octanol–water partition coefficient (Wildman–Crippen LogP) is 2.07. The Hall–Kier alpha value is -2.57. The number of hydrogen-bond donors (Lipinski definition) is 2. The Morgan fingerprint density at radius 2 is 2.16 bits per heavy atom. The summed E-state index contributed by atoms with van der Waals surface area (Å²) in [6, 6.07) is 3.04. The van der Waals surface area contributed by atoms with E-state index in [1.54, 1.807) is 0 Å². The van der Waals surface area contributed by atoms with Gasteiger partial charge in [0.15, 0.2) is 0 Å². The van der Waals surface area contributed by atoms with Crippen LogP contribution in [0.4, 0.5) is 14.6 Å². The summed E-state index contributed by atoms with van der Waals surface area (Å²) >= 11 is 0. The van der Waals surface area contributed by atoms with Crippen molar-refractivity contribution in [1.82, 2.24) is 9.97 Å². The molecule has 0 unspecified atom stereocenters. The summed E-state index contributed by atoms with van der Waals surface area (Å²) in [5.74, 6) is -2.31. The number of carbonyl (C=O) groups is 1. The predicted molar refractivity (Wildman–Crippen MR) is 62.7 cm³/mol. The molecular weight excluding hydrogens is 256 g/mol. The molecule has 1 aromatic carbocycles. The molecule has 0 fully saturated rings. The lowest BCUT2D eigenvalue weighted by Crippen LogP contribution is -2.09. The highest BCUT2D eigenvalue weighted by Crippen LogP contribution is 2.14. The molecule has 1 heterocycles. The van der Waals surface area contributed by atoms with Gasteiger partial charge in [-0.2, -0.15) is 0 Å². The van der Waals surface area contributed by atoms with Crippen molar-refractivity contribution < 1.29 is 18.7 Å². The number of carboxylic acids is 1. The Balaban J connectivity index is 2.19. The van der Waals surface area contributed by atoms with E-state index in [9.17, 15) is 13.6 Å². The zero-order valence-electron chi connectivity index (χ0n) is 9.60. The molecule has 0 aliphatic carbocycles. The van der Waals surface area contributed by atoms with Crippen LogP contribution in [0.2, 0.25) is 0 Å². The monoisotopic (exact) mass is 265 g/mol. The highest BCUT2D eigenvalue weighted by molar-refractivity contribution is 5.92. The van der Waals surface area contributed by atoms with Gasteiger partial charge < -0.3 is 10.4 Å². The number of benzene rings is 1. The van der Waals surface area contributed by atoms with Gasteiger partial charge in [0.1, 0.15) is 29.3 Å². The van der Waals surface area contributed by atoms with Gasteiger partial charge in [-0.1, -0.05) is 0 Å². The topological polar surface area (TPSA) is 75.1 Å². The highest BCUT2D eigenvalue weighted by atomic mass is 19.1. The van der Waals surface area contributed by atoms with Crippen LogP contribution in [-0.4, -0.2) is 21.0 Å². The number of nitrogens with zero attached hydrogens (tertiary/aromatic N) is 2. The number of halogens is 2. The number of hydrogen-bond acceptors (Lipinski definition) is 4. The molecule has 0 saturated carbocycles. The molecule has 98 valence electrons. The Morgan fingerprint density at radius 1 is 1.37 bits per heavy atom. The van der Waals surface area contributed by atoms with Crippen LogP contribution in [0.15, 0.2) is 30.7 Å². The van der Waals surface area contributed by atoms with Gasteiger partial charge in [0.2, 0.25) is 0 Å². The molecule has 0 atom stereocenters. The minimum Gasteiger partial charge on any atom is -0.477 e. The molecule has 0 saturated heterocycles. The van der Waals surface area contributed by atoms with Crippen LogP contribution < -0.4 is 5.32 Å². The fourth-order valence-corrected chi connectivity index (χ4v) is 1.48. The molecule has 7 heteroatoms. The summed E-state index contributed by atoms with van der Waals surface area (Å²) in [5.41, 5.74) is -0.0609. The smallest absolute Gasteiger partial charge is 0.341 e. The Kier molecular flexibility index (Phi) is 3.65. The maximum Gasteiger partial charge on any atom is 0.341 e. The highest BCUT2D eigenvalue weighted by Gasteiger charge is 2.12. The van der Waals surface area contributed by atoms with Crippen molar-refractivity contribution in [3.63, 3.8) is 0 Å². The van der Waals surface area contributed by atoms with E-state index in [2.05, 4.69) is 15.3 Å². The average Bonchev–Trinajstić information content (AvgIpc) is 2.40. The summed E-state index contributed by atoms with van der Waals surface area (Å²) in [6.07, 6.45) is 2.29. The molecule has 0 amide bonds. The first-order valence-corrected chi connectivity index (χ1v) is 5.29. The first kappa shape index (κ1) is 12.9. The molecule has 0 aliphatic rings. The summed E-state index contributed by atoms with van der Waals surface area (Å²) in [6.45, 7) is -0.0825. The van der Waals surface area contributed by atoms with E-state index in [0.717, 1.165) is 30.7 Å². The fourth-order valence-electron chi connectivity index (χ4n) is 1.48. The molecule has 2 N–H and O–H groups in total. The largest absolute Gasteiger partial charge is 0.477 e. The average molecular weight is 265 g/mol. The van der Waals surface area contributed by atoms with Gasteiger partial charge in [0.25, 0.3) is 0 Å². The molecular formula is C12H9F2N3O2. The lowest BCUT2D eigenvalue weighted by Gasteiger charge is -2.08. The van der Waals surface area contributed by atoms with Crippen LogP contribution in [0.5, 0.6) is 0 Å². The lowest BCUT2D eigenvalue weighted by atomic mass is 10.2. The van der Waals surface area contributed by atoms with Gasteiger partial charge in [-0.25, -0.2) is 23.5 Å². The van der Waals surface area contributed by atoms with Crippen LogP contribution >= 0.6 is 0 Å². The van der Waals surface area contributed by atoms with Gasteiger partial charge in [-0.3, -0.25) is 0 Å².